The number of aromatic nitrogens is 1. The molecule has 0 amide bonds. The van der Waals surface area contributed by atoms with E-state index >= 15 is 0 Å². The molecule has 1 heterocycles. The van der Waals surface area contributed by atoms with E-state index in [9.17, 15) is 18.0 Å². The predicted octanol–water partition coefficient (Wildman–Crippen LogP) is 1.78. The fraction of sp³-hybridized carbons (Fsp3) is 0.111. The van der Waals surface area contributed by atoms with Gasteiger partial charge in [0.1, 0.15) is 11.4 Å². The molecule has 3 nitrogen and oxygen atoms in total. The van der Waals surface area contributed by atoms with Crippen LogP contribution >= 0.6 is 0 Å². The first-order chi connectivity index (χ1) is 6.86. The number of alkyl halides is 3. The van der Waals surface area contributed by atoms with Crippen molar-refractivity contribution in [1.82, 2.24) is 4.98 Å². The molecule has 0 bridgehead atoms. The van der Waals surface area contributed by atoms with Gasteiger partial charge in [-0.15, -0.1) is 6.42 Å². The number of carbonyl (C=O) groups is 1. The van der Waals surface area contributed by atoms with Crippen molar-refractivity contribution in [2.45, 2.75) is 6.18 Å². The van der Waals surface area contributed by atoms with Gasteiger partial charge in [0.05, 0.1) is 5.56 Å². The van der Waals surface area contributed by atoms with Gasteiger partial charge in [-0.1, -0.05) is 0 Å². The summed E-state index contributed by atoms with van der Waals surface area (Å²) in [5.74, 6) is 0.385. The Bertz CT molecular complexity index is 446. The van der Waals surface area contributed by atoms with Crippen LogP contribution in [0.4, 0.5) is 13.2 Å². The van der Waals surface area contributed by atoms with Crippen LogP contribution in [0.2, 0.25) is 0 Å². The van der Waals surface area contributed by atoms with Crippen LogP contribution in [0, 0.1) is 12.3 Å². The summed E-state index contributed by atoms with van der Waals surface area (Å²) in [7, 11) is 0. The topological polar surface area (TPSA) is 50.2 Å². The fourth-order valence-corrected chi connectivity index (χ4v) is 0.900. The number of halogens is 3. The number of terminal acetylenes is 1. The molecule has 0 aromatic carbocycles. The first kappa shape index (κ1) is 11.0. The molecule has 15 heavy (non-hydrogen) atoms. The van der Waals surface area contributed by atoms with E-state index in [0.717, 1.165) is 6.07 Å². The van der Waals surface area contributed by atoms with E-state index < -0.39 is 29.1 Å². The zero-order chi connectivity index (χ0) is 11.6. The first-order valence-corrected chi connectivity index (χ1v) is 3.64. The average molecular weight is 215 g/mol. The third-order valence-electron chi connectivity index (χ3n) is 1.55. The Morgan fingerprint density at radius 1 is 1.47 bits per heavy atom. The van der Waals surface area contributed by atoms with E-state index in [-0.39, 0.29) is 0 Å². The third-order valence-corrected chi connectivity index (χ3v) is 1.55. The van der Waals surface area contributed by atoms with Crippen molar-refractivity contribution in [3.05, 3.63) is 29.1 Å². The molecule has 1 aromatic heterocycles. The number of aromatic carboxylic acids is 1. The molecular formula is C9H4F3NO2. The monoisotopic (exact) mass is 215 g/mol. The SMILES string of the molecule is C#Cc1nc(C(F)(F)F)ccc1C(=O)O. The normalized spacial score (nSPS) is 10.8. The Labute approximate surface area is 82.6 Å². The van der Waals surface area contributed by atoms with Crippen molar-refractivity contribution >= 4 is 5.97 Å². The van der Waals surface area contributed by atoms with Crippen molar-refractivity contribution < 1.29 is 23.1 Å². The van der Waals surface area contributed by atoms with E-state index in [1.54, 1.807) is 5.92 Å². The van der Waals surface area contributed by atoms with Gasteiger partial charge in [0.25, 0.3) is 0 Å². The second-order valence-corrected chi connectivity index (χ2v) is 2.54. The molecule has 0 radical (unpaired) electrons. The van der Waals surface area contributed by atoms with E-state index in [2.05, 4.69) is 4.98 Å². The number of rotatable bonds is 1. The van der Waals surface area contributed by atoms with Crippen LogP contribution in [0.3, 0.4) is 0 Å². The van der Waals surface area contributed by atoms with Gasteiger partial charge in [0, 0.05) is 0 Å². The van der Waals surface area contributed by atoms with Crippen LogP contribution < -0.4 is 0 Å². The highest BCUT2D eigenvalue weighted by Gasteiger charge is 2.33. The van der Waals surface area contributed by atoms with Crippen LogP contribution in [-0.4, -0.2) is 16.1 Å². The van der Waals surface area contributed by atoms with Gasteiger partial charge in [-0.3, -0.25) is 0 Å². The zero-order valence-electron chi connectivity index (χ0n) is 7.17. The van der Waals surface area contributed by atoms with Crippen LogP contribution in [0.15, 0.2) is 12.1 Å². The minimum Gasteiger partial charge on any atom is -0.478 e. The van der Waals surface area contributed by atoms with Crippen LogP contribution in [0.25, 0.3) is 0 Å². The highest BCUT2D eigenvalue weighted by atomic mass is 19.4. The zero-order valence-corrected chi connectivity index (χ0v) is 7.17. The molecule has 78 valence electrons. The average Bonchev–Trinajstić information content (AvgIpc) is 2.15. The first-order valence-electron chi connectivity index (χ1n) is 3.64. The van der Waals surface area contributed by atoms with Crippen LogP contribution in [-0.2, 0) is 6.18 Å². The summed E-state index contributed by atoms with van der Waals surface area (Å²) in [4.78, 5) is 13.6. The molecule has 0 atom stereocenters. The summed E-state index contributed by atoms with van der Waals surface area (Å²) in [6.07, 6.45) is 0.221. The van der Waals surface area contributed by atoms with Gasteiger partial charge in [-0.05, 0) is 18.1 Å². The maximum atomic E-state index is 12.2. The van der Waals surface area contributed by atoms with Crippen molar-refractivity contribution in [1.29, 1.82) is 0 Å². The molecule has 1 rings (SSSR count). The summed E-state index contributed by atoms with van der Waals surface area (Å²) in [6, 6.07) is 1.36. The number of carboxylic acids is 1. The van der Waals surface area contributed by atoms with Crippen molar-refractivity contribution in [3.8, 4) is 12.3 Å². The van der Waals surface area contributed by atoms with Crippen molar-refractivity contribution in [2.24, 2.45) is 0 Å². The minimum absolute atomic E-state index is 0.425. The molecule has 0 fully saturated rings. The Hall–Kier alpha value is -2.03. The standard InChI is InChI=1S/C9H4F3NO2/c1-2-6-5(8(14)15)3-4-7(13-6)9(10,11)12/h1,3-4H,(H,14,15). The second-order valence-electron chi connectivity index (χ2n) is 2.54. The lowest BCUT2D eigenvalue weighted by atomic mass is 10.2. The molecule has 0 spiro atoms. The van der Waals surface area contributed by atoms with Crippen molar-refractivity contribution in [2.75, 3.05) is 0 Å². The molecule has 0 saturated heterocycles. The quantitative estimate of drug-likeness (QED) is 0.726. The molecule has 0 aliphatic carbocycles. The molecule has 1 N–H and O–H groups in total. The summed E-state index contributed by atoms with van der Waals surface area (Å²) >= 11 is 0. The number of hydrogen-bond donors (Lipinski definition) is 1. The maximum absolute atomic E-state index is 12.2. The van der Waals surface area contributed by atoms with Gasteiger partial charge in [0.2, 0.25) is 0 Å². The van der Waals surface area contributed by atoms with E-state index in [1.165, 1.54) is 0 Å². The minimum atomic E-state index is -4.64. The van der Waals surface area contributed by atoms with Gasteiger partial charge in [0.15, 0.2) is 0 Å². The lowest BCUT2D eigenvalue weighted by molar-refractivity contribution is -0.141. The van der Waals surface area contributed by atoms with E-state index in [4.69, 9.17) is 11.5 Å². The molecular weight excluding hydrogens is 211 g/mol. The molecule has 6 heteroatoms. The molecule has 0 aliphatic heterocycles. The summed E-state index contributed by atoms with van der Waals surface area (Å²) in [6.45, 7) is 0. The Morgan fingerprint density at radius 3 is 2.47 bits per heavy atom. The molecule has 1 aromatic rings. The Balaban J connectivity index is 3.34. The van der Waals surface area contributed by atoms with Gasteiger partial charge in [-0.25, -0.2) is 9.78 Å². The Kier molecular flexibility index (Phi) is 2.66. The van der Waals surface area contributed by atoms with E-state index in [1.807, 2.05) is 0 Å². The lowest BCUT2D eigenvalue weighted by Crippen LogP contribution is -2.11. The number of nitrogens with zero attached hydrogens (tertiary/aromatic N) is 1. The molecule has 0 saturated carbocycles. The molecule has 0 unspecified atom stereocenters. The second kappa shape index (κ2) is 3.61. The Morgan fingerprint density at radius 2 is 2.07 bits per heavy atom. The molecule has 0 aliphatic rings. The summed E-state index contributed by atoms with van der Waals surface area (Å²) in [5.41, 5.74) is -2.16. The fourth-order valence-electron chi connectivity index (χ4n) is 0.900. The van der Waals surface area contributed by atoms with Gasteiger partial charge in [-0.2, -0.15) is 13.2 Å². The predicted molar refractivity (Wildman–Crippen MR) is 44.1 cm³/mol. The third kappa shape index (κ3) is 2.26. The van der Waals surface area contributed by atoms with Crippen LogP contribution in [0.5, 0.6) is 0 Å². The van der Waals surface area contributed by atoms with Crippen LogP contribution in [0.1, 0.15) is 21.7 Å². The van der Waals surface area contributed by atoms with E-state index in [0.29, 0.717) is 6.07 Å². The summed E-state index contributed by atoms with van der Waals surface area (Å²) < 4.78 is 36.5. The summed E-state index contributed by atoms with van der Waals surface area (Å²) in [5, 5.41) is 8.57. The largest absolute Gasteiger partial charge is 0.478 e. The maximum Gasteiger partial charge on any atom is 0.433 e. The number of carboxylic acid groups (broad SMARTS) is 1. The highest BCUT2D eigenvalue weighted by Crippen LogP contribution is 2.28. The number of pyridine rings is 1. The van der Waals surface area contributed by atoms with Gasteiger partial charge >= 0.3 is 12.1 Å². The highest BCUT2D eigenvalue weighted by molar-refractivity contribution is 5.90. The van der Waals surface area contributed by atoms with Gasteiger partial charge < -0.3 is 5.11 Å². The van der Waals surface area contributed by atoms with Crippen molar-refractivity contribution in [3.63, 3.8) is 0 Å². The number of hydrogen-bond acceptors (Lipinski definition) is 2. The lowest BCUT2D eigenvalue weighted by Gasteiger charge is -2.06. The smallest absolute Gasteiger partial charge is 0.433 e.